The number of benzene rings is 9. The molecule has 10 rings (SSSR count). The molecule has 0 aliphatic rings. The molecule has 0 radical (unpaired) electrons. The van der Waals surface area contributed by atoms with Crippen LogP contribution in [0.4, 0.5) is 17.1 Å². The first-order chi connectivity index (χ1) is 25.8. The van der Waals surface area contributed by atoms with Crippen molar-refractivity contribution in [3.05, 3.63) is 200 Å². The number of hydrogen-bond donors (Lipinski definition) is 0. The number of hydrogen-bond acceptors (Lipinski definition) is 2. The van der Waals surface area contributed by atoms with Crippen LogP contribution in [-0.4, -0.2) is 0 Å². The Hall–Kier alpha value is -6.90. The quantitative estimate of drug-likeness (QED) is 0.165. The van der Waals surface area contributed by atoms with E-state index in [4.69, 9.17) is 4.42 Å². The standard InChI is InChI=1S/C50H33NO/c1-4-14-34(15-5-1)36-24-28-39(29-25-36)51(40-30-26-37(27-31-40)35-16-6-2-7-17-35)46-33-32-41(38-18-8-3-9-19-38)47-48-44-22-12-10-20-42(44)43-21-11-13-23-45(43)49(48)52-50(46)47/h1-33H. The SMILES string of the molecule is c1ccc(-c2ccc(N(c3ccc(-c4ccccc4)cc3)c3ccc(-c4ccccc4)c4c3oc3c5ccccc5c5ccccc5c34)cc2)cc1. The van der Waals surface area contributed by atoms with E-state index < -0.39 is 0 Å². The van der Waals surface area contributed by atoms with E-state index in [2.05, 4.69) is 205 Å². The lowest BCUT2D eigenvalue weighted by Crippen LogP contribution is -2.10. The summed E-state index contributed by atoms with van der Waals surface area (Å²) < 4.78 is 7.24. The summed E-state index contributed by atoms with van der Waals surface area (Å²) in [5, 5.41) is 6.98. The lowest BCUT2D eigenvalue weighted by molar-refractivity contribution is 0.673. The zero-order valence-corrected chi connectivity index (χ0v) is 28.4. The Kier molecular flexibility index (Phi) is 7.18. The number of furan rings is 1. The molecule has 0 aliphatic heterocycles. The molecule has 2 nitrogen and oxygen atoms in total. The number of nitrogens with zero attached hydrogens (tertiary/aromatic N) is 1. The van der Waals surface area contributed by atoms with Gasteiger partial charge in [0.05, 0.1) is 5.69 Å². The Morgan fingerprint density at radius 3 is 1.25 bits per heavy atom. The highest BCUT2D eigenvalue weighted by atomic mass is 16.3. The van der Waals surface area contributed by atoms with Gasteiger partial charge in [-0.25, -0.2) is 0 Å². The molecular weight excluding hydrogens is 631 g/mol. The summed E-state index contributed by atoms with van der Waals surface area (Å²) in [6.07, 6.45) is 0. The van der Waals surface area contributed by atoms with Crippen molar-refractivity contribution < 1.29 is 4.42 Å². The molecule has 0 amide bonds. The van der Waals surface area contributed by atoms with E-state index in [1.807, 2.05) is 0 Å². The van der Waals surface area contributed by atoms with Gasteiger partial charge >= 0.3 is 0 Å². The maximum atomic E-state index is 7.24. The van der Waals surface area contributed by atoms with Gasteiger partial charge < -0.3 is 9.32 Å². The molecule has 52 heavy (non-hydrogen) atoms. The van der Waals surface area contributed by atoms with Gasteiger partial charge in [0, 0.05) is 27.5 Å². The summed E-state index contributed by atoms with van der Waals surface area (Å²) in [6, 6.07) is 71.4. The van der Waals surface area contributed by atoms with Crippen molar-refractivity contribution in [2.24, 2.45) is 0 Å². The second-order valence-electron chi connectivity index (χ2n) is 13.3. The summed E-state index contributed by atoms with van der Waals surface area (Å²) >= 11 is 0. The second-order valence-corrected chi connectivity index (χ2v) is 13.3. The largest absolute Gasteiger partial charge is 0.453 e. The van der Waals surface area contributed by atoms with Crippen molar-refractivity contribution in [2.75, 3.05) is 4.90 Å². The molecule has 0 fully saturated rings. The Bertz CT molecular complexity index is 2770. The first-order valence-electron chi connectivity index (χ1n) is 17.8. The lowest BCUT2D eigenvalue weighted by atomic mass is 9.93. The highest BCUT2D eigenvalue weighted by molar-refractivity contribution is 6.33. The van der Waals surface area contributed by atoms with Crippen LogP contribution in [0.5, 0.6) is 0 Å². The minimum absolute atomic E-state index is 0.858. The average Bonchev–Trinajstić information content (AvgIpc) is 3.64. The molecule has 0 saturated heterocycles. The van der Waals surface area contributed by atoms with Crippen LogP contribution in [0.15, 0.2) is 205 Å². The monoisotopic (exact) mass is 663 g/mol. The van der Waals surface area contributed by atoms with E-state index in [1.165, 1.54) is 38.4 Å². The van der Waals surface area contributed by atoms with Crippen molar-refractivity contribution in [2.45, 2.75) is 0 Å². The van der Waals surface area contributed by atoms with E-state index in [1.54, 1.807) is 0 Å². The molecule has 0 spiro atoms. The van der Waals surface area contributed by atoms with E-state index in [0.29, 0.717) is 0 Å². The van der Waals surface area contributed by atoms with Crippen molar-refractivity contribution in [3.8, 4) is 33.4 Å². The Morgan fingerprint density at radius 1 is 0.288 bits per heavy atom. The maximum Gasteiger partial charge on any atom is 0.160 e. The highest BCUT2D eigenvalue weighted by Crippen LogP contribution is 2.49. The van der Waals surface area contributed by atoms with E-state index in [0.717, 1.165) is 55.5 Å². The second kappa shape index (κ2) is 12.5. The Labute approximate surface area is 302 Å². The van der Waals surface area contributed by atoms with Crippen LogP contribution in [0.25, 0.3) is 76.9 Å². The first kappa shape index (κ1) is 30.0. The third-order valence-electron chi connectivity index (χ3n) is 10.3. The van der Waals surface area contributed by atoms with E-state index >= 15 is 0 Å². The van der Waals surface area contributed by atoms with Gasteiger partial charge in [0.15, 0.2) is 5.58 Å². The molecule has 0 bridgehead atoms. The van der Waals surface area contributed by atoms with Gasteiger partial charge in [0.25, 0.3) is 0 Å². The summed E-state index contributed by atoms with van der Waals surface area (Å²) in [5.41, 5.74) is 11.9. The molecule has 1 aromatic heterocycles. The van der Waals surface area contributed by atoms with Gasteiger partial charge in [-0.05, 0) is 79.9 Å². The highest BCUT2D eigenvalue weighted by Gasteiger charge is 2.25. The average molecular weight is 664 g/mol. The van der Waals surface area contributed by atoms with Gasteiger partial charge in [-0.2, -0.15) is 0 Å². The van der Waals surface area contributed by atoms with Crippen molar-refractivity contribution >= 4 is 60.5 Å². The van der Waals surface area contributed by atoms with E-state index in [-0.39, 0.29) is 0 Å². The zero-order chi connectivity index (χ0) is 34.4. The third-order valence-corrected chi connectivity index (χ3v) is 10.3. The number of fused-ring (bicyclic) bond motifs is 8. The minimum Gasteiger partial charge on any atom is -0.453 e. The van der Waals surface area contributed by atoms with Gasteiger partial charge in [-0.15, -0.1) is 0 Å². The van der Waals surface area contributed by atoms with Crippen molar-refractivity contribution in [1.82, 2.24) is 0 Å². The van der Waals surface area contributed by atoms with Gasteiger partial charge in [-0.1, -0.05) is 170 Å². The first-order valence-corrected chi connectivity index (χ1v) is 17.8. The van der Waals surface area contributed by atoms with Gasteiger partial charge in [0.1, 0.15) is 5.58 Å². The fraction of sp³-hybridized carbons (Fsp3) is 0. The predicted molar refractivity (Wildman–Crippen MR) is 220 cm³/mol. The predicted octanol–water partition coefficient (Wildman–Crippen LogP) is 14.4. The molecule has 244 valence electrons. The van der Waals surface area contributed by atoms with Gasteiger partial charge in [0.2, 0.25) is 0 Å². The maximum absolute atomic E-state index is 7.24. The zero-order valence-electron chi connectivity index (χ0n) is 28.4. The van der Waals surface area contributed by atoms with Crippen LogP contribution in [0, 0.1) is 0 Å². The summed E-state index contributed by atoms with van der Waals surface area (Å²) in [5.74, 6) is 0. The van der Waals surface area contributed by atoms with Crippen LogP contribution in [0.1, 0.15) is 0 Å². The molecule has 10 aromatic rings. The Morgan fingerprint density at radius 2 is 0.712 bits per heavy atom. The molecule has 0 aliphatic carbocycles. The van der Waals surface area contributed by atoms with Crippen molar-refractivity contribution in [3.63, 3.8) is 0 Å². The molecule has 0 atom stereocenters. The number of anilines is 3. The summed E-state index contributed by atoms with van der Waals surface area (Å²) in [7, 11) is 0. The van der Waals surface area contributed by atoms with Crippen molar-refractivity contribution in [1.29, 1.82) is 0 Å². The molecule has 1 heterocycles. The third kappa shape index (κ3) is 4.96. The van der Waals surface area contributed by atoms with E-state index in [9.17, 15) is 0 Å². The fourth-order valence-electron chi connectivity index (χ4n) is 7.82. The Balaban J connectivity index is 1.27. The fourth-order valence-corrected chi connectivity index (χ4v) is 7.82. The molecule has 9 aromatic carbocycles. The van der Waals surface area contributed by atoms with Crippen LogP contribution in [0.3, 0.4) is 0 Å². The van der Waals surface area contributed by atoms with Crippen LogP contribution in [-0.2, 0) is 0 Å². The lowest BCUT2D eigenvalue weighted by Gasteiger charge is -2.26. The molecule has 0 N–H and O–H groups in total. The smallest absolute Gasteiger partial charge is 0.160 e. The molecular formula is C50H33NO. The van der Waals surface area contributed by atoms with Crippen LogP contribution in [0.2, 0.25) is 0 Å². The topological polar surface area (TPSA) is 16.4 Å². The normalized spacial score (nSPS) is 11.5. The summed E-state index contributed by atoms with van der Waals surface area (Å²) in [6.45, 7) is 0. The summed E-state index contributed by atoms with van der Waals surface area (Å²) in [4.78, 5) is 2.34. The minimum atomic E-state index is 0.858. The number of rotatable bonds is 6. The molecule has 2 heteroatoms. The van der Waals surface area contributed by atoms with Gasteiger partial charge in [-0.3, -0.25) is 0 Å². The molecule has 0 unspecified atom stereocenters. The molecule has 0 saturated carbocycles. The van der Waals surface area contributed by atoms with Crippen LogP contribution < -0.4 is 4.90 Å². The van der Waals surface area contributed by atoms with Crippen LogP contribution >= 0.6 is 0 Å².